The lowest BCUT2D eigenvalue weighted by Gasteiger charge is -2.08. The van der Waals surface area contributed by atoms with Crippen LogP contribution in [0.3, 0.4) is 0 Å². The van der Waals surface area contributed by atoms with Crippen molar-refractivity contribution in [2.24, 2.45) is 0 Å². The summed E-state index contributed by atoms with van der Waals surface area (Å²) >= 11 is 0. The Kier molecular flexibility index (Phi) is 5.03. The van der Waals surface area contributed by atoms with Gasteiger partial charge in [-0.05, 0) is 54.6 Å². The summed E-state index contributed by atoms with van der Waals surface area (Å²) in [6.07, 6.45) is 0. The Balaban J connectivity index is 1.68. The molecule has 0 heterocycles. The molecule has 3 aromatic rings. The van der Waals surface area contributed by atoms with Crippen LogP contribution >= 0.6 is 0 Å². The quantitative estimate of drug-likeness (QED) is 0.728. The number of amides is 2. The molecule has 130 valence electrons. The van der Waals surface area contributed by atoms with Gasteiger partial charge in [-0.15, -0.1) is 0 Å². The van der Waals surface area contributed by atoms with E-state index in [0.717, 1.165) is 18.2 Å². The van der Waals surface area contributed by atoms with E-state index in [1.807, 2.05) is 6.07 Å². The van der Waals surface area contributed by atoms with Crippen LogP contribution in [0.25, 0.3) is 0 Å². The van der Waals surface area contributed by atoms with Gasteiger partial charge in [0.25, 0.3) is 11.8 Å². The van der Waals surface area contributed by atoms with E-state index in [1.54, 1.807) is 24.3 Å². The van der Waals surface area contributed by atoms with Crippen LogP contribution in [0.1, 0.15) is 20.7 Å². The third-order valence-corrected chi connectivity index (χ3v) is 3.61. The molecule has 3 aromatic carbocycles. The van der Waals surface area contributed by atoms with Gasteiger partial charge in [0, 0.05) is 16.9 Å². The third-order valence-electron chi connectivity index (χ3n) is 3.61. The smallest absolute Gasteiger partial charge is 0.258 e. The predicted octanol–water partition coefficient (Wildman–Crippen LogP) is 4.47. The Morgan fingerprint density at radius 2 is 1.31 bits per heavy atom. The van der Waals surface area contributed by atoms with E-state index in [9.17, 15) is 18.4 Å². The molecule has 0 atom stereocenters. The van der Waals surface area contributed by atoms with Gasteiger partial charge < -0.3 is 10.6 Å². The zero-order chi connectivity index (χ0) is 18.5. The van der Waals surface area contributed by atoms with Crippen LogP contribution in [0.5, 0.6) is 0 Å². The Morgan fingerprint density at radius 1 is 0.692 bits per heavy atom. The van der Waals surface area contributed by atoms with Gasteiger partial charge in [0.05, 0.1) is 5.56 Å². The van der Waals surface area contributed by atoms with Gasteiger partial charge in [0.15, 0.2) is 0 Å². The highest BCUT2D eigenvalue weighted by molar-refractivity contribution is 6.06. The maximum Gasteiger partial charge on any atom is 0.258 e. The maximum atomic E-state index is 13.6. The number of hydrogen-bond acceptors (Lipinski definition) is 2. The van der Waals surface area contributed by atoms with Gasteiger partial charge in [-0.3, -0.25) is 9.59 Å². The first-order valence-corrected chi connectivity index (χ1v) is 7.76. The van der Waals surface area contributed by atoms with Crippen LogP contribution in [0.15, 0.2) is 72.8 Å². The van der Waals surface area contributed by atoms with Crippen molar-refractivity contribution < 1.29 is 18.4 Å². The lowest BCUT2D eigenvalue weighted by atomic mass is 10.1. The van der Waals surface area contributed by atoms with E-state index < -0.39 is 23.1 Å². The first kappa shape index (κ1) is 17.3. The van der Waals surface area contributed by atoms with Crippen LogP contribution in [-0.2, 0) is 0 Å². The van der Waals surface area contributed by atoms with Gasteiger partial charge >= 0.3 is 0 Å². The summed E-state index contributed by atoms with van der Waals surface area (Å²) in [5.74, 6) is -2.60. The highest BCUT2D eigenvalue weighted by atomic mass is 19.1. The molecule has 0 aromatic heterocycles. The van der Waals surface area contributed by atoms with Crippen LogP contribution in [0.2, 0.25) is 0 Å². The second kappa shape index (κ2) is 7.57. The van der Waals surface area contributed by atoms with E-state index in [-0.39, 0.29) is 5.91 Å². The Hall–Kier alpha value is -3.54. The second-order valence-electron chi connectivity index (χ2n) is 5.48. The molecule has 2 amide bonds. The Bertz CT molecular complexity index is 942. The van der Waals surface area contributed by atoms with Crippen LogP contribution in [-0.4, -0.2) is 11.8 Å². The van der Waals surface area contributed by atoms with Gasteiger partial charge in [0.1, 0.15) is 11.6 Å². The molecule has 0 unspecified atom stereocenters. The van der Waals surface area contributed by atoms with Crippen LogP contribution in [0, 0.1) is 11.6 Å². The molecular weight excluding hydrogens is 338 g/mol. The molecule has 0 fully saturated rings. The average Bonchev–Trinajstić information content (AvgIpc) is 2.65. The number of para-hydroxylation sites is 1. The van der Waals surface area contributed by atoms with Crippen molar-refractivity contribution in [1.29, 1.82) is 0 Å². The maximum absolute atomic E-state index is 13.6. The second-order valence-corrected chi connectivity index (χ2v) is 5.48. The van der Waals surface area contributed by atoms with Gasteiger partial charge in [-0.25, -0.2) is 8.78 Å². The minimum absolute atomic E-state index is 0.301. The number of carbonyl (C=O) groups excluding carboxylic acids is 2. The molecule has 0 aliphatic carbocycles. The number of hydrogen-bond donors (Lipinski definition) is 2. The van der Waals surface area contributed by atoms with Gasteiger partial charge in [0.2, 0.25) is 0 Å². The van der Waals surface area contributed by atoms with Gasteiger partial charge in [-0.1, -0.05) is 18.2 Å². The molecule has 4 nitrogen and oxygen atoms in total. The van der Waals surface area contributed by atoms with Crippen LogP contribution in [0.4, 0.5) is 20.2 Å². The van der Waals surface area contributed by atoms with Crippen molar-refractivity contribution in [3.63, 3.8) is 0 Å². The molecule has 2 N–H and O–H groups in total. The molecule has 0 aliphatic rings. The fourth-order valence-corrected chi connectivity index (χ4v) is 2.30. The molecule has 0 radical (unpaired) electrons. The zero-order valence-electron chi connectivity index (χ0n) is 13.5. The lowest BCUT2D eigenvalue weighted by molar-refractivity contribution is 0.101. The summed E-state index contributed by atoms with van der Waals surface area (Å²) in [6.45, 7) is 0. The third kappa shape index (κ3) is 4.10. The summed E-state index contributed by atoms with van der Waals surface area (Å²) < 4.78 is 26.8. The van der Waals surface area contributed by atoms with Crippen molar-refractivity contribution in [3.8, 4) is 0 Å². The molecule has 0 aliphatic heterocycles. The van der Waals surface area contributed by atoms with E-state index in [1.165, 1.54) is 24.3 Å². The molecule has 6 heteroatoms. The number of anilines is 2. The Morgan fingerprint density at radius 3 is 2.00 bits per heavy atom. The number of halogens is 2. The normalized spacial score (nSPS) is 10.2. The first-order chi connectivity index (χ1) is 12.5. The lowest BCUT2D eigenvalue weighted by Crippen LogP contribution is -2.15. The summed E-state index contributed by atoms with van der Waals surface area (Å²) in [5, 5.41) is 5.21. The molecule has 26 heavy (non-hydrogen) atoms. The number of carbonyl (C=O) groups is 2. The van der Waals surface area contributed by atoms with Crippen LogP contribution < -0.4 is 10.6 Å². The number of nitrogens with one attached hydrogen (secondary N) is 2. The summed E-state index contributed by atoms with van der Waals surface area (Å²) in [4.78, 5) is 24.2. The van der Waals surface area contributed by atoms with Gasteiger partial charge in [-0.2, -0.15) is 0 Å². The summed E-state index contributed by atoms with van der Waals surface area (Å²) in [7, 11) is 0. The first-order valence-electron chi connectivity index (χ1n) is 7.76. The minimum Gasteiger partial charge on any atom is -0.322 e. The Labute approximate surface area is 148 Å². The molecule has 0 spiro atoms. The monoisotopic (exact) mass is 352 g/mol. The standard InChI is InChI=1S/C20H14F2N2O2/c21-14-8-11-18(22)17(12-14)20(26)24-16-9-6-13(7-10-16)19(25)23-15-4-2-1-3-5-15/h1-12H,(H,23,25)(H,24,26). The molecule has 0 saturated carbocycles. The SMILES string of the molecule is O=C(Nc1ccccc1)c1ccc(NC(=O)c2cc(F)ccc2F)cc1. The van der Waals surface area contributed by atoms with E-state index >= 15 is 0 Å². The number of benzene rings is 3. The largest absolute Gasteiger partial charge is 0.322 e. The zero-order valence-corrected chi connectivity index (χ0v) is 13.5. The van der Waals surface area contributed by atoms with Crippen molar-refractivity contribution in [1.82, 2.24) is 0 Å². The molecule has 0 saturated heterocycles. The fourth-order valence-electron chi connectivity index (χ4n) is 2.30. The van der Waals surface area contributed by atoms with E-state index in [2.05, 4.69) is 10.6 Å². The number of rotatable bonds is 4. The molecular formula is C20H14F2N2O2. The summed E-state index contributed by atoms with van der Waals surface area (Å²) in [5.41, 5.74) is 1.02. The van der Waals surface area contributed by atoms with Crippen molar-refractivity contribution in [3.05, 3.63) is 95.6 Å². The minimum atomic E-state index is -0.817. The van der Waals surface area contributed by atoms with Crippen molar-refractivity contribution >= 4 is 23.2 Å². The average molecular weight is 352 g/mol. The predicted molar refractivity (Wildman–Crippen MR) is 95.1 cm³/mol. The topological polar surface area (TPSA) is 58.2 Å². The molecule has 3 rings (SSSR count). The van der Waals surface area contributed by atoms with E-state index in [4.69, 9.17) is 0 Å². The summed E-state index contributed by atoms with van der Waals surface area (Å²) in [6, 6.07) is 17.7. The highest BCUT2D eigenvalue weighted by Crippen LogP contribution is 2.15. The van der Waals surface area contributed by atoms with Crippen molar-refractivity contribution in [2.75, 3.05) is 10.6 Å². The molecule has 0 bridgehead atoms. The van der Waals surface area contributed by atoms with E-state index in [0.29, 0.717) is 16.9 Å². The van der Waals surface area contributed by atoms with Crippen molar-refractivity contribution in [2.45, 2.75) is 0 Å². The fraction of sp³-hybridized carbons (Fsp3) is 0. The highest BCUT2D eigenvalue weighted by Gasteiger charge is 2.13.